The molecule has 0 radical (unpaired) electrons. The van der Waals surface area contributed by atoms with Crippen LogP contribution in [0.4, 0.5) is 0 Å². The van der Waals surface area contributed by atoms with Gasteiger partial charge >= 0.3 is 0 Å². The monoisotopic (exact) mass is 666 g/mol. The summed E-state index contributed by atoms with van der Waals surface area (Å²) in [5.41, 5.74) is 7.20. The molecule has 0 unspecified atom stereocenters. The van der Waals surface area contributed by atoms with Gasteiger partial charge in [0, 0.05) is 32.9 Å². The number of fused-ring (bicyclic) bond motifs is 6. The van der Waals surface area contributed by atoms with Gasteiger partial charge in [-0.05, 0) is 63.2 Å². The van der Waals surface area contributed by atoms with Crippen molar-refractivity contribution in [2.45, 2.75) is 0 Å². The standard InChI is InChI=1S/C48H34N2Si/c1-4-18-36(19-5-1)51(37-20-6-2-7-21-37,38-22-8-3-9-23-38)48-34-35(49-43-28-14-10-24-39(43)40-25-11-15-29-44(40)49)32-33-47(48)50-45-30-16-12-26-41(45)42-27-13-17-31-46(42)50/h1-34H. The lowest BCUT2D eigenvalue weighted by Crippen LogP contribution is -2.75. The summed E-state index contributed by atoms with van der Waals surface area (Å²) in [6, 6.07) is 76.4. The van der Waals surface area contributed by atoms with E-state index in [-0.39, 0.29) is 0 Å². The number of rotatable bonds is 6. The second-order valence-corrected chi connectivity index (χ2v) is 17.1. The fourth-order valence-corrected chi connectivity index (χ4v) is 13.5. The SMILES string of the molecule is c1ccc([Si](c2ccccc2)(c2ccccc2)c2cc(-n3c4ccccc4c4ccccc43)ccc2-n2c3ccccc3c3ccccc32)cc1. The first-order chi connectivity index (χ1) is 25.3. The van der Waals surface area contributed by atoms with Crippen molar-refractivity contribution < 1.29 is 0 Å². The highest BCUT2D eigenvalue weighted by molar-refractivity contribution is 7.20. The van der Waals surface area contributed by atoms with Gasteiger partial charge in [-0.1, -0.05) is 164 Å². The minimum Gasteiger partial charge on any atom is -0.309 e. The van der Waals surface area contributed by atoms with Gasteiger partial charge in [0.2, 0.25) is 0 Å². The van der Waals surface area contributed by atoms with Crippen molar-refractivity contribution in [3.05, 3.63) is 206 Å². The molecule has 51 heavy (non-hydrogen) atoms. The Kier molecular flexibility index (Phi) is 6.86. The molecule has 0 aliphatic heterocycles. The molecular weight excluding hydrogens is 633 g/mol. The zero-order chi connectivity index (χ0) is 33.8. The molecule has 0 saturated heterocycles. The minimum atomic E-state index is -2.99. The summed E-state index contributed by atoms with van der Waals surface area (Å²) in [4.78, 5) is 0. The Balaban J connectivity index is 1.42. The molecule has 0 fully saturated rings. The number of benzene rings is 8. The third-order valence-electron chi connectivity index (χ3n) is 10.7. The number of hydrogen-bond donors (Lipinski definition) is 0. The summed E-state index contributed by atoms with van der Waals surface area (Å²) in [7, 11) is -2.99. The molecule has 3 heteroatoms. The Hall–Kier alpha value is -6.42. The van der Waals surface area contributed by atoms with Crippen LogP contribution in [0.1, 0.15) is 0 Å². The molecule has 0 saturated carbocycles. The average molecular weight is 667 g/mol. The molecule has 0 aliphatic rings. The van der Waals surface area contributed by atoms with Gasteiger partial charge in [0.15, 0.2) is 8.07 Å². The predicted octanol–water partition coefficient (Wildman–Crippen LogP) is 9.26. The van der Waals surface area contributed by atoms with Gasteiger partial charge < -0.3 is 9.13 Å². The fraction of sp³-hybridized carbons (Fsp3) is 0. The summed E-state index contributed by atoms with van der Waals surface area (Å²) < 4.78 is 4.98. The van der Waals surface area contributed by atoms with Crippen molar-refractivity contribution >= 4 is 72.4 Å². The van der Waals surface area contributed by atoms with E-state index in [9.17, 15) is 0 Å². The molecule has 0 aliphatic carbocycles. The topological polar surface area (TPSA) is 9.86 Å². The molecule has 0 N–H and O–H groups in total. The summed E-state index contributed by atoms with van der Waals surface area (Å²) in [6.07, 6.45) is 0. The molecule has 10 rings (SSSR count). The predicted molar refractivity (Wildman–Crippen MR) is 219 cm³/mol. The van der Waals surface area contributed by atoms with Crippen LogP contribution in [0.3, 0.4) is 0 Å². The van der Waals surface area contributed by atoms with E-state index in [0.717, 1.165) is 5.69 Å². The molecule has 0 bridgehead atoms. The number of hydrogen-bond acceptors (Lipinski definition) is 0. The first-order valence-electron chi connectivity index (χ1n) is 17.6. The van der Waals surface area contributed by atoms with Crippen molar-refractivity contribution in [3.8, 4) is 11.4 Å². The van der Waals surface area contributed by atoms with E-state index >= 15 is 0 Å². The Morgan fingerprint density at radius 2 is 0.627 bits per heavy atom. The maximum atomic E-state index is 2.52. The van der Waals surface area contributed by atoms with Gasteiger partial charge in [-0.25, -0.2) is 0 Å². The molecule has 2 heterocycles. The van der Waals surface area contributed by atoms with Crippen molar-refractivity contribution in [2.24, 2.45) is 0 Å². The number of para-hydroxylation sites is 4. The van der Waals surface area contributed by atoms with Crippen LogP contribution in [-0.4, -0.2) is 17.2 Å². The third-order valence-corrected chi connectivity index (χ3v) is 15.5. The Morgan fingerprint density at radius 1 is 0.294 bits per heavy atom. The summed E-state index contributed by atoms with van der Waals surface area (Å²) >= 11 is 0. The Bertz CT molecular complexity index is 2650. The normalized spacial score (nSPS) is 11.9. The molecule has 0 spiro atoms. The van der Waals surface area contributed by atoms with Crippen LogP contribution in [0, 0.1) is 0 Å². The molecule has 2 aromatic heterocycles. The maximum absolute atomic E-state index is 2.99. The summed E-state index contributed by atoms with van der Waals surface area (Å²) in [6.45, 7) is 0. The van der Waals surface area contributed by atoms with E-state index in [0.29, 0.717) is 0 Å². The van der Waals surface area contributed by atoms with Crippen LogP contribution in [-0.2, 0) is 0 Å². The smallest absolute Gasteiger partial charge is 0.181 e. The highest BCUT2D eigenvalue weighted by Crippen LogP contribution is 2.35. The highest BCUT2D eigenvalue weighted by Gasteiger charge is 2.43. The van der Waals surface area contributed by atoms with Gasteiger partial charge in [0.05, 0.1) is 22.1 Å². The van der Waals surface area contributed by atoms with Crippen molar-refractivity contribution in [3.63, 3.8) is 0 Å². The number of nitrogens with zero attached hydrogens (tertiary/aromatic N) is 2. The first kappa shape index (κ1) is 29.5. The lowest BCUT2D eigenvalue weighted by molar-refractivity contribution is 1.15. The van der Waals surface area contributed by atoms with E-state index in [1.54, 1.807) is 0 Å². The lowest BCUT2D eigenvalue weighted by Gasteiger charge is -2.36. The average Bonchev–Trinajstić information content (AvgIpc) is 3.73. The minimum absolute atomic E-state index is 1.16. The van der Waals surface area contributed by atoms with Crippen molar-refractivity contribution in [1.29, 1.82) is 0 Å². The van der Waals surface area contributed by atoms with E-state index in [4.69, 9.17) is 0 Å². The van der Waals surface area contributed by atoms with Gasteiger partial charge in [-0.15, -0.1) is 0 Å². The molecule has 8 aromatic carbocycles. The summed E-state index contributed by atoms with van der Waals surface area (Å²) in [5, 5.41) is 10.4. The Morgan fingerprint density at radius 3 is 1.02 bits per heavy atom. The molecule has 10 aromatic rings. The molecule has 0 atom stereocenters. The zero-order valence-electron chi connectivity index (χ0n) is 28.0. The van der Waals surface area contributed by atoms with Gasteiger partial charge in [0.25, 0.3) is 0 Å². The van der Waals surface area contributed by atoms with Gasteiger partial charge in [0.1, 0.15) is 0 Å². The molecule has 0 amide bonds. The number of aromatic nitrogens is 2. The van der Waals surface area contributed by atoms with Crippen LogP contribution in [0.25, 0.3) is 55.0 Å². The second kappa shape index (κ2) is 11.9. The van der Waals surface area contributed by atoms with E-state index in [1.807, 2.05) is 0 Å². The van der Waals surface area contributed by atoms with Crippen LogP contribution in [0.5, 0.6) is 0 Å². The zero-order valence-corrected chi connectivity index (χ0v) is 29.0. The second-order valence-electron chi connectivity index (χ2n) is 13.3. The third kappa shape index (κ3) is 4.42. The maximum Gasteiger partial charge on any atom is 0.181 e. The van der Waals surface area contributed by atoms with Gasteiger partial charge in [-0.3, -0.25) is 0 Å². The molecule has 2 nitrogen and oxygen atoms in total. The Labute approximate surface area is 298 Å². The van der Waals surface area contributed by atoms with E-state index in [1.165, 1.54) is 70.0 Å². The van der Waals surface area contributed by atoms with Crippen LogP contribution >= 0.6 is 0 Å². The molecule has 240 valence electrons. The van der Waals surface area contributed by atoms with E-state index in [2.05, 4.69) is 215 Å². The fourth-order valence-electron chi connectivity index (χ4n) is 8.57. The van der Waals surface area contributed by atoms with Crippen molar-refractivity contribution in [2.75, 3.05) is 0 Å². The van der Waals surface area contributed by atoms with Crippen LogP contribution in [0.2, 0.25) is 0 Å². The van der Waals surface area contributed by atoms with Crippen LogP contribution < -0.4 is 20.7 Å². The quantitative estimate of drug-likeness (QED) is 0.124. The highest BCUT2D eigenvalue weighted by atomic mass is 28.3. The van der Waals surface area contributed by atoms with Crippen LogP contribution in [0.15, 0.2) is 206 Å². The first-order valence-corrected chi connectivity index (χ1v) is 19.6. The molecular formula is C48H34N2Si. The van der Waals surface area contributed by atoms with Gasteiger partial charge in [-0.2, -0.15) is 0 Å². The summed E-state index contributed by atoms with van der Waals surface area (Å²) in [5.74, 6) is 0. The van der Waals surface area contributed by atoms with Crippen molar-refractivity contribution in [1.82, 2.24) is 9.13 Å². The largest absolute Gasteiger partial charge is 0.309 e. The lowest BCUT2D eigenvalue weighted by atomic mass is 10.2. The van der Waals surface area contributed by atoms with E-state index < -0.39 is 8.07 Å².